The average molecular weight is 463 g/mol. The lowest BCUT2D eigenvalue weighted by molar-refractivity contribution is 0.0989. The van der Waals surface area contributed by atoms with Gasteiger partial charge >= 0.3 is 0 Å². The number of amides is 1. The first-order chi connectivity index (χ1) is 14.7. The molecule has 0 saturated carbocycles. The number of fused-ring (bicyclic) bond motifs is 1. The highest BCUT2D eigenvalue weighted by Crippen LogP contribution is 2.30. The Morgan fingerprint density at radius 1 is 1.03 bits per heavy atom. The fourth-order valence-corrected chi connectivity index (χ4v) is 4.72. The summed E-state index contributed by atoms with van der Waals surface area (Å²) in [4.78, 5) is 14.2. The number of anilines is 1. The minimum absolute atomic E-state index is 0.0243. The van der Waals surface area contributed by atoms with Crippen LogP contribution in [0, 0.1) is 11.6 Å². The summed E-state index contributed by atoms with van der Waals surface area (Å²) in [5.74, 6) is -1.33. The fraction of sp³-hybridized carbons (Fsp3) is 0.136. The molecule has 4 rings (SSSR count). The average Bonchev–Trinajstić information content (AvgIpc) is 3.17. The predicted octanol–water partition coefficient (Wildman–Crippen LogP) is 4.30. The van der Waals surface area contributed by atoms with Crippen molar-refractivity contribution in [1.82, 2.24) is 4.72 Å². The van der Waals surface area contributed by atoms with Gasteiger partial charge in [0.15, 0.2) is 0 Å². The third-order valence-corrected chi connectivity index (χ3v) is 6.73. The summed E-state index contributed by atoms with van der Waals surface area (Å²) in [5, 5.41) is -0.272. The van der Waals surface area contributed by atoms with Gasteiger partial charge in [-0.3, -0.25) is 4.79 Å². The first-order valence-electron chi connectivity index (χ1n) is 9.38. The van der Waals surface area contributed by atoms with Crippen LogP contribution < -0.4 is 9.62 Å². The van der Waals surface area contributed by atoms with Gasteiger partial charge in [0.05, 0.1) is 9.92 Å². The molecule has 0 aliphatic carbocycles. The van der Waals surface area contributed by atoms with Crippen molar-refractivity contribution in [3.05, 3.63) is 94.0 Å². The molecule has 3 aromatic rings. The summed E-state index contributed by atoms with van der Waals surface area (Å²) in [6.07, 6.45) is 0.621. The summed E-state index contributed by atoms with van der Waals surface area (Å²) < 4.78 is 53.8. The molecular formula is C22H17ClF2N2O3S. The van der Waals surface area contributed by atoms with Gasteiger partial charge in [0, 0.05) is 24.3 Å². The van der Waals surface area contributed by atoms with Crippen molar-refractivity contribution in [3.8, 4) is 0 Å². The molecule has 0 radical (unpaired) electrons. The van der Waals surface area contributed by atoms with Gasteiger partial charge in [0.25, 0.3) is 5.91 Å². The van der Waals surface area contributed by atoms with Crippen LogP contribution in [0.1, 0.15) is 21.5 Å². The van der Waals surface area contributed by atoms with E-state index in [0.29, 0.717) is 24.1 Å². The molecule has 0 spiro atoms. The minimum Gasteiger partial charge on any atom is -0.308 e. The van der Waals surface area contributed by atoms with Crippen molar-refractivity contribution in [2.24, 2.45) is 0 Å². The summed E-state index contributed by atoms with van der Waals surface area (Å²) in [7, 11) is -3.87. The zero-order chi connectivity index (χ0) is 22.2. The zero-order valence-corrected chi connectivity index (χ0v) is 17.7. The standard InChI is InChI=1S/C22H17ClF2N2O3S/c23-19-12-18(6-7-20(19)25)31(29,30)26-13-14-1-8-21-16(11-14)9-10-27(21)22(28)15-2-4-17(24)5-3-15/h1-8,11-12,26H,9-10,13H2. The molecule has 1 N–H and O–H groups in total. The Morgan fingerprint density at radius 2 is 1.77 bits per heavy atom. The molecule has 0 unspecified atom stereocenters. The molecule has 1 aliphatic heterocycles. The van der Waals surface area contributed by atoms with Gasteiger partial charge < -0.3 is 4.90 Å². The van der Waals surface area contributed by atoms with Gasteiger partial charge in [0.2, 0.25) is 10.0 Å². The first-order valence-corrected chi connectivity index (χ1v) is 11.2. The van der Waals surface area contributed by atoms with Crippen molar-refractivity contribution in [1.29, 1.82) is 0 Å². The lowest BCUT2D eigenvalue weighted by atomic mass is 10.1. The molecule has 1 amide bonds. The Morgan fingerprint density at radius 3 is 2.48 bits per heavy atom. The molecule has 1 aliphatic rings. The molecule has 1 heterocycles. The van der Waals surface area contributed by atoms with E-state index in [1.165, 1.54) is 24.3 Å². The Kier molecular flexibility index (Phi) is 5.79. The number of rotatable bonds is 5. The largest absolute Gasteiger partial charge is 0.308 e. The molecule has 0 aromatic heterocycles. The number of hydrogen-bond acceptors (Lipinski definition) is 3. The van der Waals surface area contributed by atoms with E-state index >= 15 is 0 Å². The van der Waals surface area contributed by atoms with Crippen LogP contribution in [-0.2, 0) is 23.0 Å². The van der Waals surface area contributed by atoms with Crippen LogP contribution in [0.15, 0.2) is 65.6 Å². The molecule has 0 atom stereocenters. The number of hydrogen-bond donors (Lipinski definition) is 1. The van der Waals surface area contributed by atoms with Crippen LogP contribution in [0.5, 0.6) is 0 Å². The Bertz CT molecular complexity index is 1260. The maximum Gasteiger partial charge on any atom is 0.258 e. The van der Waals surface area contributed by atoms with Crippen LogP contribution in [0.4, 0.5) is 14.5 Å². The Labute approximate surface area is 183 Å². The highest BCUT2D eigenvalue weighted by atomic mass is 35.5. The summed E-state index contributed by atoms with van der Waals surface area (Å²) in [5.41, 5.74) is 2.76. The second kappa shape index (κ2) is 8.37. The summed E-state index contributed by atoms with van der Waals surface area (Å²) in [6.45, 7) is 0.505. The van der Waals surface area contributed by atoms with Gasteiger partial charge in [-0.2, -0.15) is 0 Å². The van der Waals surface area contributed by atoms with E-state index < -0.39 is 21.7 Å². The number of carbonyl (C=O) groups is 1. The van der Waals surface area contributed by atoms with Gasteiger partial charge in [-0.15, -0.1) is 0 Å². The number of benzene rings is 3. The lowest BCUT2D eigenvalue weighted by Gasteiger charge is -2.18. The summed E-state index contributed by atoms with van der Waals surface area (Å²) >= 11 is 5.67. The van der Waals surface area contributed by atoms with Crippen molar-refractivity contribution in [3.63, 3.8) is 0 Å². The number of halogens is 3. The topological polar surface area (TPSA) is 66.5 Å². The van der Waals surface area contributed by atoms with Crippen molar-refractivity contribution in [2.75, 3.05) is 11.4 Å². The Balaban J connectivity index is 1.48. The minimum atomic E-state index is -3.87. The molecule has 9 heteroatoms. The highest BCUT2D eigenvalue weighted by Gasteiger charge is 2.26. The van der Waals surface area contributed by atoms with Crippen molar-refractivity contribution >= 4 is 33.2 Å². The van der Waals surface area contributed by atoms with Crippen molar-refractivity contribution in [2.45, 2.75) is 17.9 Å². The van der Waals surface area contributed by atoms with E-state index in [1.54, 1.807) is 17.0 Å². The number of sulfonamides is 1. The van der Waals surface area contributed by atoms with E-state index in [4.69, 9.17) is 11.6 Å². The van der Waals surface area contributed by atoms with Gasteiger partial charge in [0.1, 0.15) is 11.6 Å². The van der Waals surface area contributed by atoms with Crippen LogP contribution in [-0.4, -0.2) is 20.9 Å². The maximum atomic E-state index is 13.3. The van der Waals surface area contributed by atoms with Gasteiger partial charge in [-0.1, -0.05) is 23.7 Å². The SMILES string of the molecule is O=C(c1ccc(F)cc1)N1CCc2cc(CNS(=O)(=O)c3ccc(F)c(Cl)c3)ccc21. The monoisotopic (exact) mass is 462 g/mol. The van der Waals surface area contributed by atoms with E-state index in [9.17, 15) is 22.0 Å². The molecule has 0 saturated heterocycles. The first kappa shape index (κ1) is 21.4. The molecule has 160 valence electrons. The number of nitrogens with one attached hydrogen (secondary N) is 1. The quantitative estimate of drug-likeness (QED) is 0.614. The second-order valence-corrected chi connectivity index (χ2v) is 9.25. The predicted molar refractivity (Wildman–Crippen MR) is 114 cm³/mol. The Hall–Kier alpha value is -2.81. The number of nitrogens with zero attached hydrogens (tertiary/aromatic N) is 1. The lowest BCUT2D eigenvalue weighted by Crippen LogP contribution is -2.28. The zero-order valence-electron chi connectivity index (χ0n) is 16.1. The van der Waals surface area contributed by atoms with Gasteiger partial charge in [-0.05, 0) is 66.1 Å². The van der Waals surface area contributed by atoms with Crippen LogP contribution in [0.3, 0.4) is 0 Å². The van der Waals surface area contributed by atoms with Gasteiger partial charge in [-0.25, -0.2) is 21.9 Å². The fourth-order valence-electron chi connectivity index (χ4n) is 3.43. The number of carbonyl (C=O) groups excluding carboxylic acids is 1. The highest BCUT2D eigenvalue weighted by molar-refractivity contribution is 7.89. The third-order valence-electron chi connectivity index (χ3n) is 5.04. The van der Waals surface area contributed by atoms with Crippen LogP contribution in [0.2, 0.25) is 5.02 Å². The third kappa shape index (κ3) is 4.46. The van der Waals surface area contributed by atoms with E-state index in [1.807, 2.05) is 6.07 Å². The second-order valence-electron chi connectivity index (χ2n) is 7.08. The molecular weight excluding hydrogens is 446 g/mol. The van der Waals surface area contributed by atoms with E-state index in [0.717, 1.165) is 29.4 Å². The molecule has 0 fully saturated rings. The molecule has 31 heavy (non-hydrogen) atoms. The molecule has 0 bridgehead atoms. The smallest absolute Gasteiger partial charge is 0.258 e. The normalized spacial score (nSPS) is 13.3. The van der Waals surface area contributed by atoms with Crippen LogP contribution >= 0.6 is 11.6 Å². The molecule has 3 aromatic carbocycles. The van der Waals surface area contributed by atoms with E-state index in [-0.39, 0.29) is 22.4 Å². The van der Waals surface area contributed by atoms with Crippen molar-refractivity contribution < 1.29 is 22.0 Å². The van der Waals surface area contributed by atoms with Crippen LogP contribution in [0.25, 0.3) is 0 Å². The molecule has 5 nitrogen and oxygen atoms in total. The van der Waals surface area contributed by atoms with E-state index in [2.05, 4.69) is 4.72 Å². The maximum absolute atomic E-state index is 13.3. The summed E-state index contributed by atoms with van der Waals surface area (Å²) in [6, 6.07) is 13.9.